The van der Waals surface area contributed by atoms with Crippen molar-refractivity contribution in [3.8, 4) is 0 Å². The molecule has 1 aromatic carbocycles. The lowest BCUT2D eigenvalue weighted by Gasteiger charge is -2.12. The van der Waals surface area contributed by atoms with Crippen LogP contribution in [0.2, 0.25) is 5.02 Å². The molecule has 0 saturated heterocycles. The van der Waals surface area contributed by atoms with Crippen molar-refractivity contribution in [2.45, 2.75) is 19.4 Å². The molecular formula is C11H16ClNS. The molecule has 0 aromatic heterocycles. The van der Waals surface area contributed by atoms with E-state index >= 15 is 0 Å². The van der Waals surface area contributed by atoms with Gasteiger partial charge in [0.2, 0.25) is 0 Å². The lowest BCUT2D eigenvalue weighted by Crippen LogP contribution is -2.13. The number of nitrogens with two attached hydrogens (primary N) is 1. The van der Waals surface area contributed by atoms with Gasteiger partial charge in [-0.15, -0.1) is 0 Å². The summed E-state index contributed by atoms with van der Waals surface area (Å²) in [7, 11) is 0. The monoisotopic (exact) mass is 229 g/mol. The number of hydrogen-bond donors (Lipinski definition) is 1. The number of thioether (sulfide) groups is 1. The Labute approximate surface area is 95.0 Å². The van der Waals surface area contributed by atoms with Gasteiger partial charge in [0.15, 0.2) is 0 Å². The zero-order chi connectivity index (χ0) is 10.4. The van der Waals surface area contributed by atoms with E-state index in [2.05, 4.69) is 6.92 Å². The predicted octanol–water partition coefficient (Wildman–Crippen LogP) is 3.48. The molecule has 1 nitrogen and oxygen atoms in total. The molecule has 2 N–H and O–H groups in total. The van der Waals surface area contributed by atoms with Crippen molar-refractivity contribution in [1.29, 1.82) is 0 Å². The average molecular weight is 230 g/mol. The first-order valence-corrected chi connectivity index (χ1v) is 6.36. The zero-order valence-electron chi connectivity index (χ0n) is 8.37. The molecule has 0 heterocycles. The van der Waals surface area contributed by atoms with Crippen molar-refractivity contribution in [1.82, 2.24) is 0 Å². The van der Waals surface area contributed by atoms with E-state index in [9.17, 15) is 0 Å². The van der Waals surface area contributed by atoms with E-state index in [1.807, 2.05) is 36.0 Å². The highest BCUT2D eigenvalue weighted by molar-refractivity contribution is 7.99. The highest BCUT2D eigenvalue weighted by Crippen LogP contribution is 2.23. The van der Waals surface area contributed by atoms with Crippen molar-refractivity contribution in [2.24, 2.45) is 5.73 Å². The van der Waals surface area contributed by atoms with Crippen LogP contribution in [0.3, 0.4) is 0 Å². The molecular weight excluding hydrogens is 214 g/mol. The summed E-state index contributed by atoms with van der Waals surface area (Å²) in [6.45, 7) is 2.17. The maximum absolute atomic E-state index is 6.04. The van der Waals surface area contributed by atoms with Crippen LogP contribution < -0.4 is 5.73 Å². The summed E-state index contributed by atoms with van der Waals surface area (Å²) in [6, 6.07) is 7.85. The van der Waals surface area contributed by atoms with Gasteiger partial charge in [0.05, 0.1) is 0 Å². The standard InChI is InChI=1S/C11H16ClNS/c1-2-7-14-8-11(13)9-5-3-4-6-10(9)12/h3-6,11H,2,7-8,13H2,1H3. The molecule has 0 spiro atoms. The highest BCUT2D eigenvalue weighted by atomic mass is 35.5. The third-order valence-electron chi connectivity index (χ3n) is 1.95. The predicted molar refractivity (Wildman–Crippen MR) is 66.0 cm³/mol. The molecule has 0 bridgehead atoms. The topological polar surface area (TPSA) is 26.0 Å². The van der Waals surface area contributed by atoms with Crippen LogP contribution in [0, 0.1) is 0 Å². The first kappa shape index (κ1) is 11.9. The SMILES string of the molecule is CCCSCC(N)c1ccccc1Cl. The first-order chi connectivity index (χ1) is 6.75. The molecule has 0 aliphatic rings. The Morgan fingerprint density at radius 3 is 2.79 bits per heavy atom. The summed E-state index contributed by atoms with van der Waals surface area (Å²) in [5.41, 5.74) is 7.08. The van der Waals surface area contributed by atoms with Gasteiger partial charge in [-0.3, -0.25) is 0 Å². The number of hydrogen-bond acceptors (Lipinski definition) is 2. The Balaban J connectivity index is 2.51. The van der Waals surface area contributed by atoms with Gasteiger partial charge in [0.1, 0.15) is 0 Å². The minimum Gasteiger partial charge on any atom is -0.323 e. The molecule has 1 unspecified atom stereocenters. The minimum absolute atomic E-state index is 0.0558. The third-order valence-corrected chi connectivity index (χ3v) is 3.59. The molecule has 1 atom stereocenters. The summed E-state index contributed by atoms with van der Waals surface area (Å²) in [4.78, 5) is 0. The van der Waals surface area contributed by atoms with E-state index in [1.165, 1.54) is 6.42 Å². The fourth-order valence-corrected chi connectivity index (χ4v) is 2.38. The summed E-state index contributed by atoms with van der Waals surface area (Å²) >= 11 is 7.92. The van der Waals surface area contributed by atoms with Crippen molar-refractivity contribution in [2.75, 3.05) is 11.5 Å². The first-order valence-electron chi connectivity index (χ1n) is 4.83. The molecule has 1 rings (SSSR count). The van der Waals surface area contributed by atoms with Crippen molar-refractivity contribution in [3.63, 3.8) is 0 Å². The Hall–Kier alpha value is -0.180. The summed E-state index contributed by atoms with van der Waals surface area (Å²) in [6.07, 6.45) is 1.19. The van der Waals surface area contributed by atoms with Gasteiger partial charge >= 0.3 is 0 Å². The van der Waals surface area contributed by atoms with E-state index in [-0.39, 0.29) is 6.04 Å². The van der Waals surface area contributed by atoms with Gasteiger partial charge in [-0.25, -0.2) is 0 Å². The molecule has 0 aliphatic carbocycles. The molecule has 1 aromatic rings. The molecule has 0 aliphatic heterocycles. The molecule has 0 radical (unpaired) electrons. The van der Waals surface area contributed by atoms with Gasteiger partial charge in [-0.1, -0.05) is 36.7 Å². The third kappa shape index (κ3) is 3.52. The quantitative estimate of drug-likeness (QED) is 0.783. The van der Waals surface area contributed by atoms with Gasteiger partial charge in [-0.2, -0.15) is 11.8 Å². The number of halogens is 1. The molecule has 0 saturated carbocycles. The van der Waals surface area contributed by atoms with Crippen molar-refractivity contribution < 1.29 is 0 Å². The van der Waals surface area contributed by atoms with E-state index in [1.54, 1.807) is 0 Å². The van der Waals surface area contributed by atoms with Crippen LogP contribution in [0.1, 0.15) is 24.9 Å². The van der Waals surface area contributed by atoms with Crippen molar-refractivity contribution in [3.05, 3.63) is 34.9 Å². The molecule has 78 valence electrons. The maximum Gasteiger partial charge on any atom is 0.0454 e. The van der Waals surface area contributed by atoms with Gasteiger partial charge in [0.25, 0.3) is 0 Å². The minimum atomic E-state index is 0.0558. The number of benzene rings is 1. The van der Waals surface area contributed by atoms with Gasteiger partial charge in [-0.05, 0) is 23.8 Å². The average Bonchev–Trinajstić information content (AvgIpc) is 2.18. The lowest BCUT2D eigenvalue weighted by atomic mass is 10.1. The highest BCUT2D eigenvalue weighted by Gasteiger charge is 2.08. The molecule has 0 fully saturated rings. The second-order valence-electron chi connectivity index (χ2n) is 3.20. The van der Waals surface area contributed by atoms with E-state index in [4.69, 9.17) is 17.3 Å². The molecule has 3 heteroatoms. The fraction of sp³-hybridized carbons (Fsp3) is 0.455. The van der Waals surface area contributed by atoms with Crippen LogP contribution in [0.15, 0.2) is 24.3 Å². The lowest BCUT2D eigenvalue weighted by molar-refractivity contribution is 0.831. The van der Waals surface area contributed by atoms with Crippen molar-refractivity contribution >= 4 is 23.4 Å². The second kappa shape index (κ2) is 6.33. The zero-order valence-corrected chi connectivity index (χ0v) is 9.94. The van der Waals surface area contributed by atoms with E-state index in [0.29, 0.717) is 0 Å². The number of rotatable bonds is 5. The smallest absolute Gasteiger partial charge is 0.0454 e. The van der Waals surface area contributed by atoms with Crippen LogP contribution in [0.25, 0.3) is 0 Å². The Kier molecular flexibility index (Phi) is 5.38. The van der Waals surface area contributed by atoms with E-state index < -0.39 is 0 Å². The second-order valence-corrected chi connectivity index (χ2v) is 4.76. The van der Waals surface area contributed by atoms with Crippen LogP contribution >= 0.6 is 23.4 Å². The summed E-state index contributed by atoms with van der Waals surface area (Å²) in [5.74, 6) is 2.11. The Morgan fingerprint density at radius 2 is 2.14 bits per heavy atom. The van der Waals surface area contributed by atoms with Crippen LogP contribution in [0.4, 0.5) is 0 Å². The largest absolute Gasteiger partial charge is 0.323 e. The van der Waals surface area contributed by atoms with Gasteiger partial charge < -0.3 is 5.73 Å². The van der Waals surface area contributed by atoms with Gasteiger partial charge in [0, 0.05) is 16.8 Å². The summed E-state index contributed by atoms with van der Waals surface area (Å²) in [5, 5.41) is 0.775. The molecule has 14 heavy (non-hydrogen) atoms. The van der Waals surface area contributed by atoms with Crippen LogP contribution in [-0.4, -0.2) is 11.5 Å². The summed E-state index contributed by atoms with van der Waals surface area (Å²) < 4.78 is 0. The van der Waals surface area contributed by atoms with E-state index in [0.717, 1.165) is 22.1 Å². The Bertz CT molecular complexity index is 278. The maximum atomic E-state index is 6.04. The Morgan fingerprint density at radius 1 is 1.43 bits per heavy atom. The van der Waals surface area contributed by atoms with Crippen LogP contribution in [0.5, 0.6) is 0 Å². The fourth-order valence-electron chi connectivity index (χ4n) is 1.22. The molecule has 0 amide bonds. The van der Waals surface area contributed by atoms with Crippen LogP contribution in [-0.2, 0) is 0 Å². The normalized spacial score (nSPS) is 12.8.